The van der Waals surface area contributed by atoms with Crippen LogP contribution in [0.4, 0.5) is 15.8 Å². The number of guanidine groups is 1. The molecule has 2 aliphatic heterocycles. The van der Waals surface area contributed by atoms with Crippen LogP contribution in [0.3, 0.4) is 0 Å². The Morgan fingerprint density at radius 3 is 2.59 bits per heavy atom. The van der Waals surface area contributed by atoms with E-state index in [0.29, 0.717) is 11.1 Å². The van der Waals surface area contributed by atoms with E-state index in [1.54, 1.807) is 16.8 Å². The lowest BCUT2D eigenvalue weighted by molar-refractivity contribution is -0.782. The maximum absolute atomic E-state index is 14.0. The third-order valence-electron chi connectivity index (χ3n) is 5.93. The van der Waals surface area contributed by atoms with Gasteiger partial charge in [0.05, 0.1) is 23.3 Å². The van der Waals surface area contributed by atoms with Crippen molar-refractivity contribution in [3.05, 3.63) is 88.1 Å². The summed E-state index contributed by atoms with van der Waals surface area (Å²) in [5.74, 6) is -1.69. The Kier molecular flexibility index (Phi) is 6.77. The zero-order valence-corrected chi connectivity index (χ0v) is 23.1. The van der Waals surface area contributed by atoms with Crippen LogP contribution in [0.2, 0.25) is 0 Å². The van der Waals surface area contributed by atoms with Gasteiger partial charge in [0, 0.05) is 29.3 Å². The molecule has 1 aromatic heterocycles. The van der Waals surface area contributed by atoms with E-state index in [2.05, 4.69) is 19.9 Å². The third kappa shape index (κ3) is 5.16. The topological polar surface area (TPSA) is 147 Å². The number of halogens is 1. The van der Waals surface area contributed by atoms with Gasteiger partial charge in [-0.2, -0.15) is 11.3 Å². The van der Waals surface area contributed by atoms with Crippen LogP contribution in [0.1, 0.15) is 11.1 Å². The smallest absolute Gasteiger partial charge is 0.376 e. The van der Waals surface area contributed by atoms with Gasteiger partial charge in [-0.05, 0) is 41.8 Å². The first-order valence-corrected chi connectivity index (χ1v) is 15.7. The maximum atomic E-state index is 14.0. The van der Waals surface area contributed by atoms with Crippen LogP contribution in [0, 0.1) is 5.82 Å². The number of aliphatic hydroxyl groups is 1. The zero-order valence-electron chi connectivity index (χ0n) is 20.5. The quantitative estimate of drug-likeness (QED) is 0.291. The standard InChI is InChI=1S/C24H21FN5O6PS2/c1-36-37(33)21-11-18(29-39(2,34)35)7-8-19(21)26-24(28-37)30(13-15-3-5-17(25)6-4-15)22(32)12-20(31)23(27-30)16-9-10-38-14-16/h3-12,14H,13H2,1-2H3,(H2-,26,27,28,29,31,32,33)/p+1. The summed E-state index contributed by atoms with van der Waals surface area (Å²) in [5, 5.41) is 21.9. The number of anilines is 2. The van der Waals surface area contributed by atoms with Crippen molar-refractivity contribution < 1.29 is 36.4 Å². The van der Waals surface area contributed by atoms with Crippen molar-refractivity contribution in [3.63, 3.8) is 0 Å². The molecule has 15 heteroatoms. The lowest BCUT2D eigenvalue weighted by atomic mass is 10.1. The van der Waals surface area contributed by atoms with Crippen LogP contribution in [0.25, 0.3) is 0 Å². The molecule has 0 bridgehead atoms. The van der Waals surface area contributed by atoms with E-state index in [9.17, 15) is 27.3 Å². The van der Waals surface area contributed by atoms with Crippen LogP contribution >= 0.6 is 18.9 Å². The molecule has 39 heavy (non-hydrogen) atoms. The van der Waals surface area contributed by atoms with Crippen molar-refractivity contribution in [2.45, 2.75) is 6.54 Å². The van der Waals surface area contributed by atoms with Gasteiger partial charge in [-0.25, -0.2) is 17.6 Å². The molecule has 2 unspecified atom stereocenters. The van der Waals surface area contributed by atoms with Crippen molar-refractivity contribution in [2.24, 2.45) is 9.86 Å². The first-order chi connectivity index (χ1) is 18.4. The van der Waals surface area contributed by atoms with Gasteiger partial charge in [-0.15, -0.1) is 4.76 Å². The predicted molar refractivity (Wildman–Crippen MR) is 147 cm³/mol. The highest BCUT2D eigenvalue weighted by molar-refractivity contribution is 7.92. The van der Waals surface area contributed by atoms with Crippen LogP contribution < -0.4 is 15.3 Å². The van der Waals surface area contributed by atoms with E-state index in [1.165, 1.54) is 60.9 Å². The van der Waals surface area contributed by atoms with Gasteiger partial charge in [0.2, 0.25) is 10.0 Å². The van der Waals surface area contributed by atoms with Crippen molar-refractivity contribution in [2.75, 3.05) is 23.4 Å². The number of hydrogen-bond acceptors (Lipinski definition) is 9. The van der Waals surface area contributed by atoms with E-state index in [0.717, 1.165) is 12.3 Å². The molecule has 1 amide bonds. The molecule has 0 radical (unpaired) electrons. The minimum Gasteiger partial charge on any atom is -0.505 e. The molecule has 0 saturated carbocycles. The highest BCUT2D eigenvalue weighted by atomic mass is 32.2. The number of nitrogens with zero attached hydrogens (tertiary/aromatic N) is 3. The molecule has 11 nitrogen and oxygen atoms in total. The van der Waals surface area contributed by atoms with E-state index in [-0.39, 0.29) is 40.7 Å². The Hall–Kier alpha value is -3.68. The number of fused-ring (bicyclic) bond motifs is 1. The molecule has 2 atom stereocenters. The molecule has 3 aromatic rings. The SMILES string of the molecule is COP1(=O)N=C([N+]2(Cc3ccc(F)cc3)N=C(c3ccsc3)C(O)=CC2=O)Nc2ccc(NS(C)(=O)=O)cc21. The van der Waals surface area contributed by atoms with Crippen molar-refractivity contribution in [1.29, 1.82) is 0 Å². The van der Waals surface area contributed by atoms with E-state index >= 15 is 0 Å². The number of amides is 1. The first-order valence-electron chi connectivity index (χ1n) is 11.3. The first kappa shape index (κ1) is 26.9. The van der Waals surface area contributed by atoms with Gasteiger partial charge in [0.1, 0.15) is 12.4 Å². The fourth-order valence-corrected chi connectivity index (χ4v) is 6.91. The van der Waals surface area contributed by atoms with Crippen LogP contribution in [-0.4, -0.2) is 49.1 Å². The fraction of sp³-hybridized carbons (Fsp3) is 0.125. The Morgan fingerprint density at radius 1 is 1.21 bits per heavy atom. The summed E-state index contributed by atoms with van der Waals surface area (Å²) in [5.41, 5.74) is 1.55. The molecule has 0 aliphatic carbocycles. The number of aliphatic hydroxyl groups excluding tert-OH is 1. The third-order valence-corrected chi connectivity index (χ3v) is 9.15. The molecule has 2 aromatic carbocycles. The summed E-state index contributed by atoms with van der Waals surface area (Å²) < 4.78 is 62.2. The Balaban J connectivity index is 1.70. The number of rotatable bonds is 6. The average molecular weight is 591 g/mol. The molecule has 0 saturated heterocycles. The second kappa shape index (κ2) is 9.81. The molecule has 0 spiro atoms. The number of benzene rings is 2. The van der Waals surface area contributed by atoms with Crippen molar-refractivity contribution >= 4 is 63.1 Å². The lowest BCUT2D eigenvalue weighted by Gasteiger charge is -2.34. The predicted octanol–water partition coefficient (Wildman–Crippen LogP) is 3.91. The fourth-order valence-electron chi connectivity index (χ4n) is 4.14. The number of sulfonamides is 1. The molecule has 3 heterocycles. The molecule has 2 aliphatic rings. The number of quaternary nitrogens is 1. The minimum absolute atomic E-state index is 0.0761. The van der Waals surface area contributed by atoms with Gasteiger partial charge in [-0.1, -0.05) is 21.8 Å². The highest BCUT2D eigenvalue weighted by Gasteiger charge is 2.51. The highest BCUT2D eigenvalue weighted by Crippen LogP contribution is 2.52. The van der Waals surface area contributed by atoms with Gasteiger partial charge in [0.15, 0.2) is 11.5 Å². The number of carbonyl (C=O) groups excluding carboxylic acids is 1. The average Bonchev–Trinajstić information content (AvgIpc) is 3.41. The number of hydrogen-bond donors (Lipinski definition) is 3. The van der Waals surface area contributed by atoms with Crippen molar-refractivity contribution in [1.82, 2.24) is 0 Å². The van der Waals surface area contributed by atoms with Gasteiger partial charge >= 0.3 is 19.4 Å². The molecule has 0 fully saturated rings. The summed E-state index contributed by atoms with van der Waals surface area (Å²) >= 11 is 1.36. The number of allylic oxidation sites excluding steroid dienone is 1. The van der Waals surface area contributed by atoms with E-state index in [4.69, 9.17) is 4.52 Å². The molecule has 3 N–H and O–H groups in total. The van der Waals surface area contributed by atoms with Gasteiger partial charge in [-0.3, -0.25) is 14.6 Å². The summed E-state index contributed by atoms with van der Waals surface area (Å²) in [6, 6.07) is 11.4. The Labute approximate surface area is 227 Å². The summed E-state index contributed by atoms with van der Waals surface area (Å²) in [7, 11) is -6.50. The van der Waals surface area contributed by atoms with Crippen molar-refractivity contribution in [3.8, 4) is 0 Å². The lowest BCUT2D eigenvalue weighted by Crippen LogP contribution is -2.57. The molecular formula is C24H22FN5O6PS2+. The minimum atomic E-state index is -4.06. The largest absolute Gasteiger partial charge is 0.505 e. The second-order valence-corrected chi connectivity index (χ2v) is 13.4. The normalized spacial score (nSPS) is 22.7. The van der Waals surface area contributed by atoms with Crippen LogP contribution in [-0.2, 0) is 30.5 Å². The van der Waals surface area contributed by atoms with E-state index < -0.39 is 33.9 Å². The summed E-state index contributed by atoms with van der Waals surface area (Å²) in [6.45, 7) is -0.171. The summed E-state index contributed by atoms with van der Waals surface area (Å²) in [4.78, 5) is 13.7. The maximum Gasteiger partial charge on any atom is 0.376 e. The molecule has 202 valence electrons. The van der Waals surface area contributed by atoms with Gasteiger partial charge in [0.25, 0.3) is 0 Å². The summed E-state index contributed by atoms with van der Waals surface area (Å²) in [6.07, 6.45) is 1.99. The number of thiophene rings is 1. The monoisotopic (exact) mass is 590 g/mol. The molecule has 5 rings (SSSR count). The van der Waals surface area contributed by atoms with E-state index in [1.807, 2.05) is 0 Å². The van der Waals surface area contributed by atoms with Crippen LogP contribution in [0.5, 0.6) is 0 Å². The number of carbonyl (C=O) groups is 1. The number of nitrogens with one attached hydrogen (secondary N) is 2. The van der Waals surface area contributed by atoms with Gasteiger partial charge < -0.3 is 9.63 Å². The second-order valence-electron chi connectivity index (χ2n) is 8.74. The Bertz CT molecular complexity index is 1720. The Morgan fingerprint density at radius 2 is 1.95 bits per heavy atom. The molecular weight excluding hydrogens is 568 g/mol. The zero-order chi connectivity index (χ0) is 28.0. The van der Waals surface area contributed by atoms with Crippen LogP contribution in [0.15, 0.2) is 81.0 Å².